The van der Waals surface area contributed by atoms with Gasteiger partial charge in [-0.2, -0.15) is 0 Å². The van der Waals surface area contributed by atoms with E-state index in [1.165, 1.54) is 12.1 Å². The van der Waals surface area contributed by atoms with Crippen molar-refractivity contribution in [3.63, 3.8) is 0 Å². The minimum atomic E-state index is -1.17. The van der Waals surface area contributed by atoms with Crippen LogP contribution in [0, 0.1) is 11.6 Å². The second kappa shape index (κ2) is 6.00. The number of nitrogens with one attached hydrogen (secondary N) is 2. The molecule has 0 fully saturated rings. The Labute approximate surface area is 118 Å². The Morgan fingerprint density at radius 1 is 0.952 bits per heavy atom. The molecule has 0 saturated heterocycles. The molecule has 0 unspecified atom stereocenters. The van der Waals surface area contributed by atoms with Gasteiger partial charge in [0.05, 0.1) is 0 Å². The molecule has 2 rings (SSSR count). The van der Waals surface area contributed by atoms with Crippen LogP contribution in [-0.4, -0.2) is 11.9 Å². The zero-order chi connectivity index (χ0) is 15.4. The lowest BCUT2D eigenvalue weighted by Crippen LogP contribution is -2.35. The Balaban J connectivity index is 2.06. The largest absolute Gasteiger partial charge is 0.399 e. The lowest BCUT2D eigenvalue weighted by atomic mass is 10.2. The molecule has 4 N–H and O–H groups in total. The first-order chi connectivity index (χ1) is 9.97. The van der Waals surface area contributed by atoms with Gasteiger partial charge in [0.2, 0.25) is 0 Å². The molecule has 5 nitrogen and oxygen atoms in total. The third-order valence-corrected chi connectivity index (χ3v) is 2.59. The van der Waals surface area contributed by atoms with Crippen LogP contribution in [0.15, 0.2) is 42.5 Å². The van der Waals surface area contributed by atoms with E-state index in [1.54, 1.807) is 12.1 Å². The van der Waals surface area contributed by atoms with Crippen molar-refractivity contribution in [3.8, 4) is 0 Å². The first kappa shape index (κ1) is 14.4. The summed E-state index contributed by atoms with van der Waals surface area (Å²) in [7, 11) is 0. The summed E-state index contributed by atoms with van der Waals surface area (Å²) in [5.74, 6) is -3.26. The highest BCUT2D eigenvalue weighted by molar-refractivity contribution is 6.08. The van der Waals surface area contributed by atoms with Crippen molar-refractivity contribution in [1.29, 1.82) is 0 Å². The number of urea groups is 1. The van der Waals surface area contributed by atoms with Crippen LogP contribution in [0.3, 0.4) is 0 Å². The van der Waals surface area contributed by atoms with E-state index >= 15 is 0 Å². The minimum Gasteiger partial charge on any atom is -0.399 e. The lowest BCUT2D eigenvalue weighted by molar-refractivity contribution is 0.0959. The van der Waals surface area contributed by atoms with Crippen molar-refractivity contribution in [1.82, 2.24) is 5.32 Å². The van der Waals surface area contributed by atoms with Gasteiger partial charge >= 0.3 is 6.03 Å². The average molecular weight is 291 g/mol. The van der Waals surface area contributed by atoms with E-state index in [1.807, 2.05) is 5.32 Å². The maximum Gasteiger partial charge on any atom is 0.326 e. The number of carbonyl (C=O) groups is 2. The smallest absolute Gasteiger partial charge is 0.326 e. The van der Waals surface area contributed by atoms with Crippen LogP contribution in [0.1, 0.15) is 10.4 Å². The first-order valence-electron chi connectivity index (χ1n) is 5.89. The van der Waals surface area contributed by atoms with Crippen LogP contribution in [0.4, 0.5) is 25.0 Å². The van der Waals surface area contributed by atoms with E-state index < -0.39 is 29.1 Å². The van der Waals surface area contributed by atoms with Crippen molar-refractivity contribution in [2.24, 2.45) is 0 Å². The van der Waals surface area contributed by atoms with E-state index in [2.05, 4.69) is 5.32 Å². The molecule has 0 atom stereocenters. The number of rotatable bonds is 2. The summed E-state index contributed by atoms with van der Waals surface area (Å²) in [5.41, 5.74) is 5.55. The van der Waals surface area contributed by atoms with Crippen LogP contribution in [0.5, 0.6) is 0 Å². The molecule has 0 aromatic heterocycles. The number of nitrogens with two attached hydrogens (primary N) is 1. The quantitative estimate of drug-likeness (QED) is 0.743. The van der Waals surface area contributed by atoms with E-state index in [0.717, 1.165) is 18.2 Å². The fourth-order valence-corrected chi connectivity index (χ4v) is 1.61. The number of anilines is 2. The van der Waals surface area contributed by atoms with Gasteiger partial charge < -0.3 is 11.1 Å². The molecule has 21 heavy (non-hydrogen) atoms. The molecule has 0 radical (unpaired) electrons. The molecule has 0 bridgehead atoms. The topological polar surface area (TPSA) is 84.2 Å². The standard InChI is InChI=1S/C14H11F2N3O2/c15-10-2-1-3-11(16)12(10)13(20)19-14(21)18-9-6-4-8(17)5-7-9/h1-7H,17H2,(H2,18,19,20,21). The van der Waals surface area contributed by atoms with Crippen molar-refractivity contribution in [3.05, 3.63) is 59.7 Å². The highest BCUT2D eigenvalue weighted by atomic mass is 19.1. The molecular weight excluding hydrogens is 280 g/mol. The molecule has 0 saturated carbocycles. The normalized spacial score (nSPS) is 10.0. The fraction of sp³-hybridized carbons (Fsp3) is 0. The van der Waals surface area contributed by atoms with Gasteiger partial charge in [0.25, 0.3) is 5.91 Å². The Bertz CT molecular complexity index is 667. The second-order valence-corrected chi connectivity index (χ2v) is 4.13. The average Bonchev–Trinajstić information content (AvgIpc) is 2.41. The molecule has 2 aromatic carbocycles. The van der Waals surface area contributed by atoms with Crippen molar-refractivity contribution < 1.29 is 18.4 Å². The molecule has 2 aromatic rings. The summed E-state index contributed by atoms with van der Waals surface area (Å²) in [5, 5.41) is 4.18. The van der Waals surface area contributed by atoms with Gasteiger partial charge in [-0.1, -0.05) is 6.07 Å². The second-order valence-electron chi connectivity index (χ2n) is 4.13. The van der Waals surface area contributed by atoms with Crippen molar-refractivity contribution in [2.45, 2.75) is 0 Å². The molecule has 0 aliphatic rings. The molecule has 0 spiro atoms. The number of halogens is 2. The lowest BCUT2D eigenvalue weighted by Gasteiger charge is -2.08. The van der Waals surface area contributed by atoms with Crippen molar-refractivity contribution >= 4 is 23.3 Å². The van der Waals surface area contributed by atoms with Gasteiger partial charge in [0.15, 0.2) is 0 Å². The van der Waals surface area contributed by atoms with E-state index in [9.17, 15) is 18.4 Å². The molecule has 0 aliphatic heterocycles. The first-order valence-corrected chi connectivity index (χ1v) is 5.89. The van der Waals surface area contributed by atoms with Gasteiger partial charge in [-0.25, -0.2) is 13.6 Å². The highest BCUT2D eigenvalue weighted by Crippen LogP contribution is 2.12. The molecule has 108 valence electrons. The molecule has 7 heteroatoms. The van der Waals surface area contributed by atoms with Crippen molar-refractivity contribution in [2.75, 3.05) is 11.1 Å². The number of nitrogen functional groups attached to an aromatic ring is 1. The molecule has 0 aliphatic carbocycles. The highest BCUT2D eigenvalue weighted by Gasteiger charge is 2.19. The van der Waals surface area contributed by atoms with E-state index in [0.29, 0.717) is 11.4 Å². The third-order valence-electron chi connectivity index (χ3n) is 2.59. The predicted molar refractivity (Wildman–Crippen MR) is 73.7 cm³/mol. The Morgan fingerprint density at radius 3 is 2.10 bits per heavy atom. The molecule has 0 heterocycles. The molecule has 3 amide bonds. The number of amides is 3. The summed E-state index contributed by atoms with van der Waals surface area (Å²) in [6, 6.07) is 8.20. The number of carbonyl (C=O) groups excluding carboxylic acids is 2. The maximum atomic E-state index is 13.4. The Kier molecular flexibility index (Phi) is 4.13. The molecular formula is C14H11F2N3O2. The monoisotopic (exact) mass is 291 g/mol. The van der Waals surface area contributed by atoms with Crippen LogP contribution >= 0.6 is 0 Å². The predicted octanol–water partition coefficient (Wildman–Crippen LogP) is 2.51. The number of hydrogen-bond donors (Lipinski definition) is 3. The number of benzene rings is 2. The minimum absolute atomic E-state index is 0.378. The summed E-state index contributed by atoms with van der Waals surface area (Å²) in [6.45, 7) is 0. The van der Waals surface area contributed by atoms with Gasteiger partial charge in [-0.3, -0.25) is 10.1 Å². The van der Waals surface area contributed by atoms with Gasteiger partial charge in [-0.05, 0) is 36.4 Å². The van der Waals surface area contributed by atoms with Crippen LogP contribution in [0.2, 0.25) is 0 Å². The van der Waals surface area contributed by atoms with Gasteiger partial charge in [0.1, 0.15) is 17.2 Å². The zero-order valence-corrected chi connectivity index (χ0v) is 10.7. The third kappa shape index (κ3) is 3.53. The number of hydrogen-bond acceptors (Lipinski definition) is 3. The summed E-state index contributed by atoms with van der Waals surface area (Å²) in [6.07, 6.45) is 0. The van der Waals surface area contributed by atoms with E-state index in [-0.39, 0.29) is 0 Å². The summed E-state index contributed by atoms with van der Waals surface area (Å²) in [4.78, 5) is 23.3. The van der Waals surface area contributed by atoms with Gasteiger partial charge in [-0.15, -0.1) is 0 Å². The number of imide groups is 1. The van der Waals surface area contributed by atoms with Gasteiger partial charge in [0, 0.05) is 11.4 Å². The Hall–Kier alpha value is -2.96. The van der Waals surface area contributed by atoms with Crippen LogP contribution < -0.4 is 16.4 Å². The van der Waals surface area contributed by atoms with Crippen LogP contribution in [0.25, 0.3) is 0 Å². The van der Waals surface area contributed by atoms with Crippen LogP contribution in [-0.2, 0) is 0 Å². The SMILES string of the molecule is Nc1ccc(NC(=O)NC(=O)c2c(F)cccc2F)cc1. The fourth-order valence-electron chi connectivity index (χ4n) is 1.61. The summed E-state index contributed by atoms with van der Waals surface area (Å²) < 4.78 is 26.8. The Morgan fingerprint density at radius 2 is 1.52 bits per heavy atom. The maximum absolute atomic E-state index is 13.4. The summed E-state index contributed by atoms with van der Waals surface area (Å²) >= 11 is 0. The van der Waals surface area contributed by atoms with E-state index in [4.69, 9.17) is 5.73 Å². The zero-order valence-electron chi connectivity index (χ0n) is 10.7.